The minimum Gasteiger partial charge on any atom is -0.464 e. The number of fused-ring (bicyclic) bond motifs is 3. The number of esters is 1. The van der Waals surface area contributed by atoms with Crippen LogP contribution >= 0.6 is 27.3 Å². The molecular formula is C16H10BrN3O2S. The zero-order valence-electron chi connectivity index (χ0n) is 12.0. The van der Waals surface area contributed by atoms with Crippen LogP contribution in [0, 0.1) is 0 Å². The van der Waals surface area contributed by atoms with Crippen LogP contribution in [-0.2, 0) is 4.74 Å². The molecule has 4 rings (SSSR count). The summed E-state index contributed by atoms with van der Waals surface area (Å²) in [6.45, 7) is 0. The molecule has 1 N–H and O–H groups in total. The Bertz CT molecular complexity index is 1040. The zero-order valence-corrected chi connectivity index (χ0v) is 14.4. The highest BCUT2D eigenvalue weighted by Crippen LogP contribution is 2.36. The summed E-state index contributed by atoms with van der Waals surface area (Å²) < 4.78 is 6.83. The number of aromatic amines is 1. The van der Waals surface area contributed by atoms with Crippen LogP contribution < -0.4 is 0 Å². The molecule has 0 aliphatic carbocycles. The average molecular weight is 388 g/mol. The monoisotopic (exact) mass is 387 g/mol. The molecule has 114 valence electrons. The second-order valence-corrected chi connectivity index (χ2v) is 6.76. The lowest BCUT2D eigenvalue weighted by Crippen LogP contribution is -2.02. The Kier molecular flexibility index (Phi) is 3.39. The summed E-state index contributed by atoms with van der Waals surface area (Å²) >= 11 is 4.96. The van der Waals surface area contributed by atoms with Crippen molar-refractivity contribution in [3.05, 3.63) is 45.9 Å². The molecule has 0 amide bonds. The molecule has 3 heterocycles. The molecule has 0 unspecified atom stereocenters. The number of halogens is 1. The molecule has 1 aromatic carbocycles. The number of nitrogens with zero attached hydrogens (tertiary/aromatic N) is 2. The molecule has 23 heavy (non-hydrogen) atoms. The third kappa shape index (κ3) is 2.24. The Morgan fingerprint density at radius 1 is 1.22 bits per heavy atom. The number of benzene rings is 1. The number of nitrogens with one attached hydrogen (secondary N) is 1. The second-order valence-electron chi connectivity index (χ2n) is 4.93. The van der Waals surface area contributed by atoms with Crippen molar-refractivity contribution in [3.8, 4) is 11.3 Å². The van der Waals surface area contributed by atoms with Crippen molar-refractivity contribution in [2.24, 2.45) is 0 Å². The van der Waals surface area contributed by atoms with Gasteiger partial charge in [0.1, 0.15) is 16.7 Å². The maximum atomic E-state index is 12.2. The van der Waals surface area contributed by atoms with Crippen molar-refractivity contribution in [1.29, 1.82) is 0 Å². The third-order valence-corrected chi connectivity index (χ3v) is 5.08. The summed E-state index contributed by atoms with van der Waals surface area (Å²) in [5, 5.41) is 11.3. The predicted molar refractivity (Wildman–Crippen MR) is 93.7 cm³/mol. The summed E-state index contributed by atoms with van der Waals surface area (Å²) in [7, 11) is 1.37. The Labute approximate surface area is 143 Å². The van der Waals surface area contributed by atoms with E-state index in [1.165, 1.54) is 18.4 Å². The molecule has 0 saturated carbocycles. The first-order valence-corrected chi connectivity index (χ1v) is 8.46. The van der Waals surface area contributed by atoms with Crippen LogP contribution in [-0.4, -0.2) is 28.3 Å². The topological polar surface area (TPSA) is 67.9 Å². The van der Waals surface area contributed by atoms with E-state index in [4.69, 9.17) is 4.74 Å². The van der Waals surface area contributed by atoms with E-state index in [1.54, 1.807) is 0 Å². The van der Waals surface area contributed by atoms with Crippen molar-refractivity contribution >= 4 is 54.4 Å². The second kappa shape index (κ2) is 5.43. The Morgan fingerprint density at radius 3 is 2.74 bits per heavy atom. The summed E-state index contributed by atoms with van der Waals surface area (Å²) in [5.41, 5.74) is 3.54. The standard InChI is InChI=1S/C16H10BrN3O2S/c1-22-16(21)14-11-13(20-19-10-6-7-23-15(10)11)12(18-14)8-2-4-9(17)5-3-8/h2-7,18H,1H3. The zero-order chi connectivity index (χ0) is 16.0. The van der Waals surface area contributed by atoms with Gasteiger partial charge in [0.05, 0.1) is 22.9 Å². The summed E-state index contributed by atoms with van der Waals surface area (Å²) in [6.07, 6.45) is 0. The molecule has 0 spiro atoms. The van der Waals surface area contributed by atoms with E-state index >= 15 is 0 Å². The number of hydrogen-bond acceptors (Lipinski definition) is 5. The maximum Gasteiger partial charge on any atom is 0.355 e. The van der Waals surface area contributed by atoms with Crippen LogP contribution in [0.2, 0.25) is 0 Å². The first kappa shape index (κ1) is 14.3. The van der Waals surface area contributed by atoms with E-state index in [0.29, 0.717) is 11.2 Å². The largest absolute Gasteiger partial charge is 0.464 e. The fourth-order valence-electron chi connectivity index (χ4n) is 2.56. The van der Waals surface area contributed by atoms with E-state index in [-0.39, 0.29) is 0 Å². The molecule has 0 bridgehead atoms. The SMILES string of the molecule is COC(=O)c1[nH]c(-c2ccc(Br)cc2)c2nnc3ccsc3c12. The highest BCUT2D eigenvalue weighted by Gasteiger charge is 2.22. The third-order valence-electron chi connectivity index (χ3n) is 3.63. The van der Waals surface area contributed by atoms with Crippen LogP contribution in [0.1, 0.15) is 10.5 Å². The Hall–Kier alpha value is -2.25. The molecule has 0 aliphatic heterocycles. The van der Waals surface area contributed by atoms with Crippen molar-refractivity contribution < 1.29 is 9.53 Å². The summed E-state index contributed by atoms with van der Waals surface area (Å²) in [5.74, 6) is -0.416. The molecule has 4 aromatic rings. The fraction of sp³-hybridized carbons (Fsp3) is 0.0625. The van der Waals surface area contributed by atoms with Gasteiger partial charge in [-0.25, -0.2) is 4.79 Å². The highest BCUT2D eigenvalue weighted by molar-refractivity contribution is 9.10. The molecular weight excluding hydrogens is 378 g/mol. The lowest BCUT2D eigenvalue weighted by molar-refractivity contribution is 0.0597. The molecule has 7 heteroatoms. The number of H-pyrrole nitrogens is 1. The molecule has 0 fully saturated rings. The summed E-state index contributed by atoms with van der Waals surface area (Å²) in [4.78, 5) is 15.4. The van der Waals surface area contributed by atoms with Crippen molar-refractivity contribution in [3.63, 3.8) is 0 Å². The molecule has 0 saturated heterocycles. The van der Waals surface area contributed by atoms with Crippen LogP contribution in [0.15, 0.2) is 40.2 Å². The van der Waals surface area contributed by atoms with Gasteiger partial charge >= 0.3 is 5.97 Å². The number of thiophene rings is 1. The normalized spacial score (nSPS) is 11.2. The lowest BCUT2D eigenvalue weighted by Gasteiger charge is -1.99. The molecule has 0 atom stereocenters. The number of rotatable bonds is 2. The van der Waals surface area contributed by atoms with Gasteiger partial charge < -0.3 is 9.72 Å². The van der Waals surface area contributed by atoms with Gasteiger partial charge in [-0.3, -0.25) is 0 Å². The fourth-order valence-corrected chi connectivity index (χ4v) is 3.71. The molecule has 0 aliphatic rings. The minimum atomic E-state index is -0.416. The lowest BCUT2D eigenvalue weighted by atomic mass is 10.1. The Morgan fingerprint density at radius 2 is 2.00 bits per heavy atom. The summed E-state index contributed by atoms with van der Waals surface area (Å²) in [6, 6.07) is 9.68. The smallest absolute Gasteiger partial charge is 0.355 e. The van der Waals surface area contributed by atoms with E-state index in [2.05, 4.69) is 31.1 Å². The first-order chi connectivity index (χ1) is 11.2. The number of hydrogen-bond donors (Lipinski definition) is 1. The van der Waals surface area contributed by atoms with Crippen molar-refractivity contribution in [2.75, 3.05) is 7.11 Å². The molecule has 0 radical (unpaired) electrons. The van der Waals surface area contributed by atoms with Gasteiger partial charge in [0.15, 0.2) is 0 Å². The van der Waals surface area contributed by atoms with E-state index in [1.807, 2.05) is 35.7 Å². The molecule has 5 nitrogen and oxygen atoms in total. The van der Waals surface area contributed by atoms with E-state index < -0.39 is 5.97 Å². The van der Waals surface area contributed by atoms with Gasteiger partial charge in [-0.2, -0.15) is 0 Å². The minimum absolute atomic E-state index is 0.405. The van der Waals surface area contributed by atoms with Crippen LogP contribution in [0.5, 0.6) is 0 Å². The van der Waals surface area contributed by atoms with E-state index in [9.17, 15) is 4.79 Å². The quantitative estimate of drug-likeness (QED) is 0.518. The highest BCUT2D eigenvalue weighted by atomic mass is 79.9. The van der Waals surface area contributed by atoms with Crippen LogP contribution in [0.25, 0.3) is 32.4 Å². The van der Waals surface area contributed by atoms with Gasteiger partial charge in [-0.1, -0.05) is 28.1 Å². The number of carbonyl (C=O) groups excluding carboxylic acids is 1. The predicted octanol–water partition coefficient (Wildman–Crippen LogP) is 4.39. The van der Waals surface area contributed by atoms with Gasteiger partial charge in [0, 0.05) is 10.0 Å². The van der Waals surface area contributed by atoms with Crippen molar-refractivity contribution in [2.45, 2.75) is 0 Å². The number of carbonyl (C=O) groups is 1. The van der Waals surface area contributed by atoms with Gasteiger partial charge in [-0.15, -0.1) is 21.5 Å². The average Bonchev–Trinajstić information content (AvgIpc) is 3.18. The number of methoxy groups -OCH3 is 1. The number of ether oxygens (including phenoxy) is 1. The maximum absolute atomic E-state index is 12.2. The van der Waals surface area contributed by atoms with Crippen LogP contribution in [0.4, 0.5) is 0 Å². The van der Waals surface area contributed by atoms with Gasteiger partial charge in [0.25, 0.3) is 0 Å². The van der Waals surface area contributed by atoms with Gasteiger partial charge in [0.2, 0.25) is 0 Å². The van der Waals surface area contributed by atoms with Crippen molar-refractivity contribution in [1.82, 2.24) is 15.2 Å². The molecule has 3 aromatic heterocycles. The van der Waals surface area contributed by atoms with E-state index in [0.717, 1.165) is 31.3 Å². The number of aromatic nitrogens is 3. The van der Waals surface area contributed by atoms with Crippen LogP contribution in [0.3, 0.4) is 0 Å². The first-order valence-electron chi connectivity index (χ1n) is 6.79. The Balaban J connectivity index is 2.09. The van der Waals surface area contributed by atoms with Gasteiger partial charge in [-0.05, 0) is 23.6 Å².